The summed E-state index contributed by atoms with van der Waals surface area (Å²) in [6, 6.07) is 12.7. The minimum Gasteiger partial charge on any atom is -1.00 e. The van der Waals surface area contributed by atoms with Gasteiger partial charge in [-0.3, -0.25) is 0 Å². The summed E-state index contributed by atoms with van der Waals surface area (Å²) in [7, 11) is 0. The predicted octanol–water partition coefficient (Wildman–Crippen LogP) is 6.18. The van der Waals surface area contributed by atoms with E-state index in [9.17, 15) is 0 Å². The van der Waals surface area contributed by atoms with E-state index in [4.69, 9.17) is 48.9 Å². The van der Waals surface area contributed by atoms with Crippen LogP contribution in [0.15, 0.2) is 73.6 Å². The van der Waals surface area contributed by atoms with E-state index in [-0.39, 0.29) is 43.7 Å². The maximum Gasteiger partial charge on any atom is 1.00 e. The zero-order valence-electron chi connectivity index (χ0n) is 56.8. The number of rotatable bonds is 14. The van der Waals surface area contributed by atoms with Gasteiger partial charge in [0.25, 0.3) is 0 Å². The van der Waals surface area contributed by atoms with Crippen molar-refractivity contribution >= 4 is 68.5 Å². The summed E-state index contributed by atoms with van der Waals surface area (Å²) < 4.78 is 15.6. The molecule has 0 bridgehead atoms. The van der Waals surface area contributed by atoms with E-state index in [0.717, 1.165) is 128 Å². The zero-order chi connectivity index (χ0) is 70.1. The molecule has 10 rings (SSSR count). The molecule has 19 heteroatoms. The van der Waals surface area contributed by atoms with Gasteiger partial charge in [0.2, 0.25) is 11.9 Å². The molecular weight excluding hydrogens is 1310 g/mol. The average molecular weight is 1370 g/mol. The van der Waals surface area contributed by atoms with Crippen molar-refractivity contribution in [1.29, 1.82) is 0 Å². The molecule has 0 aromatic carbocycles. The number of hydrogen-bond acceptors (Lipinski definition) is 16. The molecule has 4 aliphatic rings. The molecule has 0 radical (unpaired) electrons. The van der Waals surface area contributed by atoms with Crippen LogP contribution in [0.2, 0.25) is 10.3 Å². The molecule has 101 heavy (non-hydrogen) atoms. The Morgan fingerprint density at radius 2 is 0.812 bits per heavy atom. The molecular formula is C82H63Cl2N12NaO4. The molecule has 6 aromatic heterocycles. The van der Waals surface area contributed by atoms with Crippen LogP contribution in [-0.2, 0) is 27.4 Å². The van der Waals surface area contributed by atoms with Crippen molar-refractivity contribution in [3.63, 3.8) is 0 Å². The van der Waals surface area contributed by atoms with Crippen LogP contribution >= 0.6 is 23.2 Å². The van der Waals surface area contributed by atoms with Crippen molar-refractivity contribution in [2.24, 2.45) is 17.8 Å². The van der Waals surface area contributed by atoms with Gasteiger partial charge in [-0.25, -0.2) is 39.9 Å². The fourth-order valence-corrected chi connectivity index (χ4v) is 9.45. The second-order valence-corrected chi connectivity index (χ2v) is 22.3. The Labute approximate surface area is 626 Å². The van der Waals surface area contributed by atoms with Crippen LogP contribution in [0.4, 0.5) is 23.5 Å². The summed E-state index contributed by atoms with van der Waals surface area (Å²) in [4.78, 5) is 34.8. The van der Waals surface area contributed by atoms with Gasteiger partial charge >= 0.3 is 29.6 Å². The second-order valence-electron chi connectivity index (χ2n) is 21.6. The third kappa shape index (κ3) is 32.1. The smallest absolute Gasteiger partial charge is 1.00 e. The molecule has 0 spiro atoms. The van der Waals surface area contributed by atoms with Crippen LogP contribution in [-0.4, -0.2) is 103 Å². The first-order valence-corrected chi connectivity index (χ1v) is 32.2. The number of halogens is 2. The zero-order valence-corrected chi connectivity index (χ0v) is 59.3. The fraction of sp³-hybridized carbons (Fsp3) is 0.293. The number of aromatic nitrogens is 8. The van der Waals surface area contributed by atoms with Gasteiger partial charge < -0.3 is 42.0 Å². The number of terminal acetylenes is 1. The molecule has 16 nitrogen and oxygen atoms in total. The van der Waals surface area contributed by atoms with Gasteiger partial charge in [-0.05, 0) is 201 Å². The predicted molar refractivity (Wildman–Crippen MR) is 394 cm³/mol. The minimum atomic E-state index is -0.0356. The van der Waals surface area contributed by atoms with Gasteiger partial charge in [0.15, 0.2) is 10.3 Å². The maximum atomic E-state index is 9.04. The van der Waals surface area contributed by atoms with Crippen LogP contribution in [0.1, 0.15) is 77.8 Å². The van der Waals surface area contributed by atoms with Crippen molar-refractivity contribution in [3.05, 3.63) is 95.0 Å². The third-order valence-corrected chi connectivity index (χ3v) is 14.7. The molecule has 0 atom stereocenters. The number of fused-ring (bicyclic) bond motifs is 2. The molecule has 0 amide bonds. The van der Waals surface area contributed by atoms with Gasteiger partial charge in [0, 0.05) is 185 Å². The Hall–Kier alpha value is -11.6. The van der Waals surface area contributed by atoms with Gasteiger partial charge in [0.1, 0.15) is 28.8 Å². The van der Waals surface area contributed by atoms with Crippen LogP contribution in [0.5, 0.6) is 0 Å². The van der Waals surface area contributed by atoms with Crippen LogP contribution in [0.3, 0.4) is 0 Å². The molecule has 8 heterocycles. The largest absolute Gasteiger partial charge is 1.00 e. The summed E-state index contributed by atoms with van der Waals surface area (Å²) in [5.74, 6) is 86.9. The Bertz CT molecular complexity index is 4990. The van der Waals surface area contributed by atoms with Gasteiger partial charge in [-0.2, -0.15) is 0 Å². The van der Waals surface area contributed by atoms with Crippen molar-refractivity contribution < 1.29 is 50.3 Å². The maximum absolute atomic E-state index is 9.04. The first-order valence-electron chi connectivity index (χ1n) is 31.5. The van der Waals surface area contributed by atoms with Crippen LogP contribution in [0.25, 0.3) is 21.8 Å². The van der Waals surface area contributed by atoms with E-state index in [1.165, 1.54) is 0 Å². The van der Waals surface area contributed by atoms with Gasteiger partial charge in [-0.1, -0.05) is 36.0 Å². The topological polar surface area (TPSA) is 199 Å². The molecule has 4 fully saturated rings. The summed E-state index contributed by atoms with van der Waals surface area (Å²) in [6.45, 7) is 9.45. The van der Waals surface area contributed by atoms with Crippen molar-refractivity contribution in [3.8, 4) is 202 Å². The summed E-state index contributed by atoms with van der Waals surface area (Å²) in [6.07, 6.45) is 24.5. The molecule has 2 saturated carbocycles. The molecule has 2 saturated heterocycles. The van der Waals surface area contributed by atoms with E-state index in [2.05, 4.69) is 263 Å². The van der Waals surface area contributed by atoms with E-state index in [1.54, 1.807) is 31.7 Å². The normalized spacial score (nSPS) is 14.8. The number of nitrogens with zero attached hydrogens (tertiary/aromatic N) is 8. The second kappa shape index (κ2) is 48.2. The van der Waals surface area contributed by atoms with Crippen LogP contribution < -0.4 is 50.8 Å². The van der Waals surface area contributed by atoms with Gasteiger partial charge in [-0.15, -0.1) is 6.42 Å². The van der Waals surface area contributed by atoms with Crippen molar-refractivity contribution in [2.45, 2.75) is 96.6 Å². The summed E-state index contributed by atoms with van der Waals surface area (Å²) in [5, 5.41) is 25.7. The first kappa shape index (κ1) is 78.4. The monoisotopic (exact) mass is 1370 g/mol. The number of hydrogen-bond donors (Lipinski definition) is 5. The number of nitrogens with one attached hydrogen (secondary N) is 4. The number of aliphatic hydroxyl groups excluding tert-OH is 1. The molecule has 5 N–H and O–H groups in total. The number of ether oxygens (including phenoxy) is 3. The number of aliphatic hydroxyl groups is 1. The van der Waals surface area contributed by atoms with E-state index in [1.807, 2.05) is 48.8 Å². The van der Waals surface area contributed by atoms with E-state index < -0.39 is 0 Å². The summed E-state index contributed by atoms with van der Waals surface area (Å²) in [5.41, 5.74) is 3.18. The first-order chi connectivity index (χ1) is 49.2. The Balaban J connectivity index is 0.000000264. The molecule has 2 aliphatic heterocycles. The fourth-order valence-electron chi connectivity index (χ4n) is 9.03. The molecule has 490 valence electrons. The quantitative estimate of drug-likeness (QED) is 0.0470. The SMILES string of the molecule is C#CC#CC#CC#CC#CC#CC#CC#CC#CC#CC#CC#CC#CC#CC#CC#CC#CC.CC1COC1.Clc1nccc2ccc(NC3CCC(CNc4ncc(COC5COC5)cn4)CC3)nc12.OCc1cnc(NCC2CCC(Nc3ccc4ccnc(Cl)c4n3)CC2)nc1.[H-].[Na+]. The third-order valence-electron chi connectivity index (χ3n) is 14.2. The average Bonchev–Trinajstić information content (AvgIpc) is 0.826. The number of pyridine rings is 4. The Morgan fingerprint density at radius 1 is 0.475 bits per heavy atom. The summed E-state index contributed by atoms with van der Waals surface area (Å²) >= 11 is 12.4. The number of anilines is 4. The van der Waals surface area contributed by atoms with E-state index in [0.29, 0.717) is 65.9 Å². The minimum absolute atomic E-state index is 0. The molecule has 0 unspecified atom stereocenters. The van der Waals surface area contributed by atoms with E-state index >= 15 is 0 Å². The molecule has 2 aliphatic carbocycles. The molecule has 6 aromatic rings. The Morgan fingerprint density at radius 3 is 1.12 bits per heavy atom. The van der Waals surface area contributed by atoms with Crippen molar-refractivity contribution in [1.82, 2.24) is 39.9 Å². The van der Waals surface area contributed by atoms with Gasteiger partial charge in [0.05, 0.1) is 39.6 Å². The van der Waals surface area contributed by atoms with Crippen molar-refractivity contribution in [2.75, 3.05) is 60.8 Å². The standard InChI is InChI=1S/C35H4.C23H27ClN6O2.C20H23ClN6O.C4H8O.Na.H/c1-3-5-7-9-11-13-15-17-19-21-23-25-27-29-31-33-35-34-32-30-28-26-24-22-20-18-16-14-12-10-8-6-4-2;24-22-21-17(7-8-25-22)3-6-20(30-21)29-18-4-1-15(2-5-18)9-26-23-27-10-16(11-28-23)12-32-19-13-31-14-19;21-19-18-15(7-8-22-19)3-6-17(27-18)26-16-4-1-13(2-5-16)9-23-20-24-10-14(12-28)11-25-20;1-4-2-5-3-4;;/h1H,2H3;3,6-8,10-11,15,18-19H,1-2,4-5,9,12-14H2,(H,29,30)(H,26,27,28);3,6-8,10-11,13,16,28H,1-2,4-5,9,12H2,(H,26,27)(H,23,24,25);4H,2-3H2,1H3;;/q;;;;+1;-1. The Kier molecular flexibility index (Phi) is 37.4. The van der Waals surface area contributed by atoms with Crippen LogP contribution in [0, 0.1) is 220 Å².